The molecule has 0 aromatic carbocycles. The molecule has 0 bridgehead atoms. The summed E-state index contributed by atoms with van der Waals surface area (Å²) in [6, 6.07) is 0. The summed E-state index contributed by atoms with van der Waals surface area (Å²) in [5, 5.41) is 0. The van der Waals surface area contributed by atoms with Crippen molar-refractivity contribution in [2.24, 2.45) is 0 Å². The highest BCUT2D eigenvalue weighted by Crippen LogP contribution is 2.43. The van der Waals surface area contributed by atoms with Gasteiger partial charge in [0.2, 0.25) is 0 Å². The predicted molar refractivity (Wildman–Crippen MR) is 95.2 cm³/mol. The van der Waals surface area contributed by atoms with Crippen LogP contribution in [-0.2, 0) is 0 Å². The number of hydrogen-bond donors (Lipinski definition) is 0. The van der Waals surface area contributed by atoms with E-state index >= 15 is 0 Å². The second-order valence-corrected chi connectivity index (χ2v) is 8.08. The molecule has 4 fully saturated rings. The van der Waals surface area contributed by atoms with E-state index in [0.717, 1.165) is 24.9 Å². The molecule has 0 N–H and O–H groups in total. The zero-order chi connectivity index (χ0) is 16.5. The van der Waals surface area contributed by atoms with Gasteiger partial charge >= 0.3 is 0 Å². The second kappa shape index (κ2) is 6.68. The lowest BCUT2D eigenvalue weighted by molar-refractivity contribution is 0.189. The lowest BCUT2D eigenvalue weighted by Gasteiger charge is -2.29. The Morgan fingerprint density at radius 2 is 1.57 bits per heavy atom. The van der Waals surface area contributed by atoms with Gasteiger partial charge in [0.25, 0.3) is 0 Å². The molecule has 0 aromatic rings. The highest BCUT2D eigenvalue weighted by molar-refractivity contribution is 5.18. The van der Waals surface area contributed by atoms with Gasteiger partial charge in [-0.3, -0.25) is 9.80 Å². The van der Waals surface area contributed by atoms with Crippen LogP contribution in [0.15, 0.2) is 24.1 Å². The van der Waals surface area contributed by atoms with E-state index in [0.29, 0.717) is 11.1 Å². The van der Waals surface area contributed by atoms with Gasteiger partial charge in [-0.2, -0.15) is 0 Å². The van der Waals surface area contributed by atoms with Gasteiger partial charge in [0.05, 0.1) is 6.33 Å². The summed E-state index contributed by atoms with van der Waals surface area (Å²) >= 11 is 0. The first-order chi connectivity index (χ1) is 11.1. The van der Waals surface area contributed by atoms with E-state index in [9.17, 15) is 4.39 Å². The molecular formula is C20H33FN2. The fourth-order valence-corrected chi connectivity index (χ4v) is 5.52. The third kappa shape index (κ3) is 3.02. The Labute approximate surface area is 141 Å². The fraction of sp³-hybridized carbons (Fsp3) is 0.800. The van der Waals surface area contributed by atoms with Crippen LogP contribution in [0.1, 0.15) is 65.2 Å². The van der Waals surface area contributed by atoms with E-state index in [4.69, 9.17) is 0 Å². The van der Waals surface area contributed by atoms with E-state index in [1.807, 2.05) is 0 Å². The molecule has 0 aromatic heterocycles. The van der Waals surface area contributed by atoms with Gasteiger partial charge in [0, 0.05) is 24.2 Å². The van der Waals surface area contributed by atoms with Crippen molar-refractivity contribution in [3.8, 4) is 0 Å². The molecule has 2 nitrogen and oxygen atoms in total. The van der Waals surface area contributed by atoms with Crippen LogP contribution < -0.4 is 0 Å². The van der Waals surface area contributed by atoms with E-state index in [1.165, 1.54) is 70.2 Å². The van der Waals surface area contributed by atoms with Gasteiger partial charge in [-0.25, -0.2) is 4.39 Å². The molecular weight excluding hydrogens is 287 g/mol. The Morgan fingerprint density at radius 1 is 1.00 bits per heavy atom. The van der Waals surface area contributed by atoms with Crippen molar-refractivity contribution in [3.05, 3.63) is 24.1 Å². The van der Waals surface area contributed by atoms with Crippen molar-refractivity contribution >= 4 is 0 Å². The van der Waals surface area contributed by atoms with Crippen LogP contribution in [0.4, 0.5) is 4.39 Å². The van der Waals surface area contributed by atoms with Crippen LogP contribution in [0.5, 0.6) is 0 Å². The van der Waals surface area contributed by atoms with Crippen LogP contribution in [-0.4, -0.2) is 47.1 Å². The smallest absolute Gasteiger partial charge is 0.0872 e. The van der Waals surface area contributed by atoms with Crippen LogP contribution in [0.3, 0.4) is 0 Å². The monoisotopic (exact) mass is 320 g/mol. The Balaban J connectivity index is 0.000000136. The molecule has 4 saturated heterocycles. The molecule has 0 radical (unpaired) electrons. The normalized spacial score (nSPS) is 38.7. The molecule has 3 heteroatoms. The Kier molecular flexibility index (Phi) is 4.98. The third-order valence-electron chi connectivity index (χ3n) is 6.90. The second-order valence-electron chi connectivity index (χ2n) is 8.08. The van der Waals surface area contributed by atoms with E-state index in [1.54, 1.807) is 0 Å². The predicted octanol–water partition coefficient (Wildman–Crippen LogP) is 4.68. The van der Waals surface area contributed by atoms with E-state index < -0.39 is 0 Å². The molecule has 4 rings (SSSR count). The first-order valence-electron chi connectivity index (χ1n) is 9.52. The minimum Gasteiger partial charge on any atom is -0.293 e. The number of rotatable bonds is 2. The fourth-order valence-electron chi connectivity index (χ4n) is 5.52. The summed E-state index contributed by atoms with van der Waals surface area (Å²) < 4.78 is 12.3. The molecule has 4 aliphatic heterocycles. The van der Waals surface area contributed by atoms with Gasteiger partial charge in [0.1, 0.15) is 0 Å². The van der Waals surface area contributed by atoms with Gasteiger partial charge in [0.15, 0.2) is 0 Å². The summed E-state index contributed by atoms with van der Waals surface area (Å²) in [5.41, 5.74) is 3.35. The number of halogens is 1. The van der Waals surface area contributed by atoms with Crippen molar-refractivity contribution in [1.29, 1.82) is 0 Å². The molecule has 0 saturated carbocycles. The Morgan fingerprint density at radius 3 is 2.04 bits per heavy atom. The zero-order valence-corrected chi connectivity index (χ0v) is 15.0. The van der Waals surface area contributed by atoms with Gasteiger partial charge < -0.3 is 0 Å². The van der Waals surface area contributed by atoms with Crippen LogP contribution in [0, 0.1) is 0 Å². The number of fused-ring (bicyclic) bond motifs is 2. The average molecular weight is 320 g/mol. The lowest BCUT2D eigenvalue weighted by Crippen LogP contribution is -2.37. The Hall–Kier alpha value is -0.670. The average Bonchev–Trinajstić information content (AvgIpc) is 3.24. The van der Waals surface area contributed by atoms with Crippen molar-refractivity contribution < 1.29 is 4.39 Å². The molecule has 4 heterocycles. The molecule has 4 aliphatic rings. The largest absolute Gasteiger partial charge is 0.293 e. The maximum atomic E-state index is 12.3. The highest BCUT2D eigenvalue weighted by atomic mass is 19.1. The standard InChI is InChI=1S/C10H16FN.C10H17N/c1-2-10-4-3-5-12(10)8-9(6-10)7-11;1-3-10-5-4-6-11(10)8-9(2)7-10/h7H,2-6,8H2,1H3;2-8H2,1H3/b9-7-;. The summed E-state index contributed by atoms with van der Waals surface area (Å²) in [7, 11) is 0. The topological polar surface area (TPSA) is 6.48 Å². The number of hydrogen-bond acceptors (Lipinski definition) is 2. The molecule has 23 heavy (non-hydrogen) atoms. The molecule has 2 atom stereocenters. The minimum atomic E-state index is 0.345. The van der Waals surface area contributed by atoms with Crippen molar-refractivity contribution in [2.45, 2.75) is 76.3 Å². The van der Waals surface area contributed by atoms with Crippen molar-refractivity contribution in [1.82, 2.24) is 9.80 Å². The van der Waals surface area contributed by atoms with E-state index in [-0.39, 0.29) is 0 Å². The summed E-state index contributed by atoms with van der Waals surface area (Å²) in [5.74, 6) is 0. The quantitative estimate of drug-likeness (QED) is 0.682. The summed E-state index contributed by atoms with van der Waals surface area (Å²) in [6.07, 6.45) is 10.9. The van der Waals surface area contributed by atoms with Crippen molar-refractivity contribution in [3.63, 3.8) is 0 Å². The third-order valence-corrected chi connectivity index (χ3v) is 6.90. The maximum Gasteiger partial charge on any atom is 0.0872 e. The van der Waals surface area contributed by atoms with E-state index in [2.05, 4.69) is 30.2 Å². The first kappa shape index (κ1) is 17.2. The summed E-state index contributed by atoms with van der Waals surface area (Å²) in [4.78, 5) is 5.09. The summed E-state index contributed by atoms with van der Waals surface area (Å²) in [6.45, 7) is 13.2. The van der Waals surface area contributed by atoms with Crippen LogP contribution in [0.2, 0.25) is 0 Å². The lowest BCUT2D eigenvalue weighted by atomic mass is 9.90. The van der Waals surface area contributed by atoms with Crippen molar-refractivity contribution in [2.75, 3.05) is 26.2 Å². The van der Waals surface area contributed by atoms with Crippen LogP contribution >= 0.6 is 0 Å². The zero-order valence-electron chi connectivity index (χ0n) is 15.0. The maximum absolute atomic E-state index is 12.3. The number of nitrogens with zero attached hydrogens (tertiary/aromatic N) is 2. The molecule has 130 valence electrons. The van der Waals surface area contributed by atoms with Gasteiger partial charge in [-0.05, 0) is 70.0 Å². The molecule has 0 aliphatic carbocycles. The molecule has 0 spiro atoms. The van der Waals surface area contributed by atoms with Crippen LogP contribution in [0.25, 0.3) is 0 Å². The first-order valence-corrected chi connectivity index (χ1v) is 9.52. The van der Waals surface area contributed by atoms with Gasteiger partial charge in [-0.1, -0.05) is 26.0 Å². The minimum absolute atomic E-state index is 0.345. The highest BCUT2D eigenvalue weighted by Gasteiger charge is 2.45. The molecule has 2 unspecified atom stereocenters. The Bertz CT molecular complexity index is 486. The SMILES string of the molecule is C=C1CN2CCCC2(CC)C1.CCC12CCCN1C/C(=C\F)C2. The van der Waals surface area contributed by atoms with Gasteiger partial charge in [-0.15, -0.1) is 0 Å². The molecule has 0 amide bonds.